The summed E-state index contributed by atoms with van der Waals surface area (Å²) in [7, 11) is 0. The fraction of sp³-hybridized carbons (Fsp3) is 0.429. The number of ether oxygens (including phenoxy) is 1. The van der Waals surface area contributed by atoms with Crippen LogP contribution in [0.1, 0.15) is 28.8 Å². The molecule has 1 aromatic carbocycles. The smallest absolute Gasteiger partial charge is 0.244 e. The Morgan fingerprint density at radius 3 is 2.81 bits per heavy atom. The molecule has 1 atom stereocenters. The average Bonchev–Trinajstić information content (AvgIpc) is 3.32. The van der Waals surface area contributed by atoms with E-state index in [1.807, 2.05) is 49.6 Å². The van der Waals surface area contributed by atoms with Gasteiger partial charge in [0.15, 0.2) is 0 Å². The highest BCUT2D eigenvalue weighted by Crippen LogP contribution is 2.19. The first kappa shape index (κ1) is 19.6. The molecule has 2 aromatic rings. The molecule has 27 heavy (non-hydrogen) atoms. The number of thiophene rings is 1. The second kappa shape index (κ2) is 9.15. The molecule has 6 heteroatoms. The zero-order chi connectivity index (χ0) is 19.2. The Hall–Kier alpha value is -2.18. The molecule has 0 unspecified atom stereocenters. The molecule has 0 saturated carbocycles. The van der Waals surface area contributed by atoms with Crippen molar-refractivity contribution in [3.63, 3.8) is 0 Å². The fourth-order valence-corrected chi connectivity index (χ4v) is 3.91. The molecular weight excluding hydrogens is 360 g/mol. The largest absolute Gasteiger partial charge is 0.376 e. The minimum atomic E-state index is -0.179. The Labute approximate surface area is 164 Å². The lowest BCUT2D eigenvalue weighted by Crippen LogP contribution is -2.43. The number of anilines is 1. The molecule has 1 N–H and O–H groups in total. The first-order valence-electron chi connectivity index (χ1n) is 9.31. The number of carbonyl (C=O) groups excluding carboxylic acids is 2. The number of benzene rings is 1. The SMILES string of the molecule is Cc1cccc(NC(=O)CN(C[C@@H]2CCCO2)C(=O)Cc2cccs2)c1C. The van der Waals surface area contributed by atoms with E-state index in [0.29, 0.717) is 13.0 Å². The van der Waals surface area contributed by atoms with Crippen molar-refractivity contribution in [2.45, 2.75) is 39.2 Å². The molecule has 0 aliphatic carbocycles. The van der Waals surface area contributed by atoms with Gasteiger partial charge in [-0.1, -0.05) is 18.2 Å². The Morgan fingerprint density at radius 2 is 2.11 bits per heavy atom. The summed E-state index contributed by atoms with van der Waals surface area (Å²) in [5, 5.41) is 4.91. The molecule has 1 saturated heterocycles. The van der Waals surface area contributed by atoms with E-state index < -0.39 is 0 Å². The molecule has 0 spiro atoms. The van der Waals surface area contributed by atoms with Crippen LogP contribution in [0.4, 0.5) is 5.69 Å². The highest BCUT2D eigenvalue weighted by Gasteiger charge is 2.24. The Morgan fingerprint density at radius 1 is 1.26 bits per heavy atom. The monoisotopic (exact) mass is 386 g/mol. The second-order valence-corrected chi connectivity index (χ2v) is 7.99. The molecule has 0 bridgehead atoms. The predicted octanol–water partition coefficient (Wildman–Crippen LogP) is 3.55. The quantitative estimate of drug-likeness (QED) is 0.792. The first-order valence-corrected chi connectivity index (χ1v) is 10.2. The number of carbonyl (C=O) groups is 2. The molecule has 144 valence electrons. The van der Waals surface area contributed by atoms with Gasteiger partial charge < -0.3 is 15.0 Å². The maximum Gasteiger partial charge on any atom is 0.244 e. The van der Waals surface area contributed by atoms with Gasteiger partial charge >= 0.3 is 0 Å². The lowest BCUT2D eigenvalue weighted by molar-refractivity contribution is -0.135. The van der Waals surface area contributed by atoms with Gasteiger partial charge in [0, 0.05) is 23.7 Å². The van der Waals surface area contributed by atoms with Gasteiger partial charge in [-0.2, -0.15) is 0 Å². The Bertz CT molecular complexity index is 783. The van der Waals surface area contributed by atoms with Crippen molar-refractivity contribution in [1.29, 1.82) is 0 Å². The maximum atomic E-state index is 12.8. The predicted molar refractivity (Wildman–Crippen MR) is 108 cm³/mol. The van der Waals surface area contributed by atoms with Crippen LogP contribution in [0.3, 0.4) is 0 Å². The number of rotatable bonds is 7. The summed E-state index contributed by atoms with van der Waals surface area (Å²) in [6.45, 7) is 5.23. The van der Waals surface area contributed by atoms with Gasteiger partial charge in [-0.15, -0.1) is 11.3 Å². The third kappa shape index (κ3) is 5.40. The lowest BCUT2D eigenvalue weighted by Gasteiger charge is -2.25. The molecule has 5 nitrogen and oxygen atoms in total. The zero-order valence-corrected chi connectivity index (χ0v) is 16.7. The highest BCUT2D eigenvalue weighted by molar-refractivity contribution is 7.10. The van der Waals surface area contributed by atoms with E-state index in [0.717, 1.165) is 41.1 Å². The van der Waals surface area contributed by atoms with Crippen LogP contribution in [-0.4, -0.2) is 42.5 Å². The van der Waals surface area contributed by atoms with Crippen LogP contribution in [0.15, 0.2) is 35.7 Å². The summed E-state index contributed by atoms with van der Waals surface area (Å²) in [6.07, 6.45) is 2.28. The molecule has 0 radical (unpaired) electrons. The minimum Gasteiger partial charge on any atom is -0.376 e. The van der Waals surface area contributed by atoms with E-state index in [1.54, 1.807) is 16.2 Å². The van der Waals surface area contributed by atoms with Gasteiger partial charge in [0.2, 0.25) is 11.8 Å². The number of aryl methyl sites for hydroxylation is 1. The third-order valence-corrected chi connectivity index (χ3v) is 5.80. The summed E-state index contributed by atoms with van der Waals surface area (Å²) in [5.74, 6) is -0.217. The number of nitrogens with one attached hydrogen (secondary N) is 1. The van der Waals surface area contributed by atoms with Gasteiger partial charge in [-0.25, -0.2) is 0 Å². The third-order valence-electron chi connectivity index (χ3n) is 4.92. The van der Waals surface area contributed by atoms with E-state index in [4.69, 9.17) is 4.74 Å². The van der Waals surface area contributed by atoms with E-state index in [1.165, 1.54) is 0 Å². The van der Waals surface area contributed by atoms with E-state index in [2.05, 4.69) is 5.32 Å². The fourth-order valence-electron chi connectivity index (χ4n) is 3.21. The van der Waals surface area contributed by atoms with Gasteiger partial charge in [-0.05, 0) is 55.3 Å². The van der Waals surface area contributed by atoms with Crippen molar-refractivity contribution in [3.8, 4) is 0 Å². The van der Waals surface area contributed by atoms with Gasteiger partial charge in [0.1, 0.15) is 0 Å². The summed E-state index contributed by atoms with van der Waals surface area (Å²) in [5.41, 5.74) is 2.96. The van der Waals surface area contributed by atoms with E-state index in [-0.39, 0.29) is 24.5 Å². The summed E-state index contributed by atoms with van der Waals surface area (Å²) in [4.78, 5) is 28.1. The Kier molecular flexibility index (Phi) is 6.63. The highest BCUT2D eigenvalue weighted by atomic mass is 32.1. The summed E-state index contributed by atoms with van der Waals surface area (Å²) >= 11 is 1.56. The topological polar surface area (TPSA) is 58.6 Å². The van der Waals surface area contributed by atoms with Crippen LogP contribution in [0, 0.1) is 13.8 Å². The second-order valence-electron chi connectivity index (χ2n) is 6.96. The molecule has 1 aliphatic rings. The van der Waals surface area contributed by atoms with E-state index >= 15 is 0 Å². The van der Waals surface area contributed by atoms with Crippen LogP contribution in [0.25, 0.3) is 0 Å². The number of nitrogens with zero attached hydrogens (tertiary/aromatic N) is 1. The van der Waals surface area contributed by atoms with Crippen molar-refractivity contribution in [3.05, 3.63) is 51.7 Å². The minimum absolute atomic E-state index is 0.0193. The molecule has 3 rings (SSSR count). The van der Waals surface area contributed by atoms with Crippen molar-refractivity contribution in [2.75, 3.05) is 25.0 Å². The number of amides is 2. The normalized spacial score (nSPS) is 16.3. The van der Waals surface area contributed by atoms with Crippen LogP contribution in [0.5, 0.6) is 0 Å². The molecule has 1 fully saturated rings. The molecule has 2 amide bonds. The van der Waals surface area contributed by atoms with Crippen molar-refractivity contribution >= 4 is 28.8 Å². The number of hydrogen-bond acceptors (Lipinski definition) is 4. The molecule has 1 aromatic heterocycles. The van der Waals surface area contributed by atoms with Gasteiger partial charge in [0.25, 0.3) is 0 Å². The Balaban J connectivity index is 1.66. The number of hydrogen-bond donors (Lipinski definition) is 1. The summed E-state index contributed by atoms with van der Waals surface area (Å²) in [6, 6.07) is 9.70. The lowest BCUT2D eigenvalue weighted by atomic mass is 10.1. The molecular formula is C21H26N2O3S. The van der Waals surface area contributed by atoms with Gasteiger partial charge in [0.05, 0.1) is 19.1 Å². The van der Waals surface area contributed by atoms with Crippen LogP contribution in [0.2, 0.25) is 0 Å². The van der Waals surface area contributed by atoms with Crippen LogP contribution < -0.4 is 5.32 Å². The van der Waals surface area contributed by atoms with Crippen LogP contribution >= 0.6 is 11.3 Å². The summed E-state index contributed by atoms with van der Waals surface area (Å²) < 4.78 is 5.68. The van der Waals surface area contributed by atoms with Crippen LogP contribution in [-0.2, 0) is 20.7 Å². The van der Waals surface area contributed by atoms with Crippen molar-refractivity contribution in [2.24, 2.45) is 0 Å². The maximum absolute atomic E-state index is 12.8. The first-order chi connectivity index (χ1) is 13.0. The standard InChI is InChI=1S/C21H26N2O3S/c1-15-6-3-9-19(16(15)2)22-20(24)14-23(13-17-7-4-10-26-17)21(25)12-18-8-5-11-27-18/h3,5-6,8-9,11,17H,4,7,10,12-14H2,1-2H3,(H,22,24)/t17-/m0/s1. The van der Waals surface area contributed by atoms with Crippen molar-refractivity contribution < 1.29 is 14.3 Å². The van der Waals surface area contributed by atoms with Gasteiger partial charge in [-0.3, -0.25) is 9.59 Å². The van der Waals surface area contributed by atoms with Crippen molar-refractivity contribution in [1.82, 2.24) is 4.90 Å². The molecule has 1 aliphatic heterocycles. The molecule has 2 heterocycles. The van der Waals surface area contributed by atoms with E-state index in [9.17, 15) is 9.59 Å². The average molecular weight is 387 g/mol. The zero-order valence-electron chi connectivity index (χ0n) is 15.9.